The zero-order valence-corrected chi connectivity index (χ0v) is 19.6. The van der Waals surface area contributed by atoms with Crippen molar-refractivity contribution >= 4 is 5.97 Å². The second-order valence-electron chi connectivity index (χ2n) is 7.49. The summed E-state index contributed by atoms with van der Waals surface area (Å²) in [6.45, 7) is 1.78. The third kappa shape index (κ3) is 6.11. The molecule has 0 saturated carbocycles. The van der Waals surface area contributed by atoms with Crippen molar-refractivity contribution in [2.75, 3.05) is 13.1 Å². The van der Waals surface area contributed by atoms with Crippen molar-refractivity contribution in [1.29, 1.82) is 0 Å². The predicted molar refractivity (Wildman–Crippen MR) is 105 cm³/mol. The van der Waals surface area contributed by atoms with E-state index in [1.54, 1.807) is 12.1 Å². The van der Waals surface area contributed by atoms with Gasteiger partial charge in [-0.1, -0.05) is 18.2 Å². The third-order valence-corrected chi connectivity index (χ3v) is 5.13. The van der Waals surface area contributed by atoms with Gasteiger partial charge in [0.15, 0.2) is 0 Å². The van der Waals surface area contributed by atoms with Gasteiger partial charge >= 0.3 is 35.7 Å². The Morgan fingerprint density at radius 2 is 1.79 bits per heavy atom. The Balaban J connectivity index is 0.00000306. The molecule has 1 saturated heterocycles. The van der Waals surface area contributed by atoms with Gasteiger partial charge in [-0.3, -0.25) is 9.88 Å². The van der Waals surface area contributed by atoms with E-state index in [1.807, 2.05) is 0 Å². The molecule has 0 unspecified atom stereocenters. The molecule has 1 aliphatic heterocycles. The molecule has 0 radical (unpaired) electrons. The number of carboxylic acid groups (broad SMARTS) is 1. The van der Waals surface area contributed by atoms with Crippen molar-refractivity contribution in [1.82, 2.24) is 9.88 Å². The second-order valence-corrected chi connectivity index (χ2v) is 7.49. The van der Waals surface area contributed by atoms with Crippen LogP contribution in [0, 0.1) is 5.82 Å². The summed E-state index contributed by atoms with van der Waals surface area (Å²) < 4.78 is 57.6. The monoisotopic (exact) mass is 468 g/mol. The first kappa shape index (κ1) is 25.2. The number of likely N-dealkylation sites (tertiary alicyclic amines) is 1. The van der Waals surface area contributed by atoms with E-state index in [0.717, 1.165) is 29.8 Å². The number of carbonyl (C=O) groups excluding carboxylic acids is 1. The fourth-order valence-corrected chi connectivity index (χ4v) is 3.44. The van der Waals surface area contributed by atoms with E-state index in [0.29, 0.717) is 36.6 Å². The quantitative estimate of drug-likeness (QED) is 0.391. The smallest absolute Gasteiger partial charge is 0.545 e. The number of pyridine rings is 1. The van der Waals surface area contributed by atoms with E-state index < -0.39 is 29.1 Å². The molecular formula is C23H17F4N2NaO3. The van der Waals surface area contributed by atoms with Crippen LogP contribution in [-0.2, 0) is 12.7 Å². The van der Waals surface area contributed by atoms with Crippen LogP contribution in [0.5, 0.6) is 5.75 Å². The van der Waals surface area contributed by atoms with Crippen LogP contribution in [0.1, 0.15) is 21.5 Å². The summed E-state index contributed by atoms with van der Waals surface area (Å²) in [7, 11) is 0. The fourth-order valence-electron chi connectivity index (χ4n) is 3.44. The van der Waals surface area contributed by atoms with Gasteiger partial charge < -0.3 is 14.6 Å². The minimum atomic E-state index is -4.34. The number of halogens is 4. The zero-order chi connectivity index (χ0) is 22.9. The van der Waals surface area contributed by atoms with Gasteiger partial charge in [0.25, 0.3) is 0 Å². The van der Waals surface area contributed by atoms with E-state index in [4.69, 9.17) is 4.74 Å². The average molecular weight is 468 g/mol. The molecule has 0 bridgehead atoms. The maximum Gasteiger partial charge on any atom is 1.00 e. The summed E-state index contributed by atoms with van der Waals surface area (Å²) in [5, 5.41) is 10.8. The number of rotatable bonds is 6. The Hall–Kier alpha value is -2.46. The van der Waals surface area contributed by atoms with Crippen molar-refractivity contribution in [2.45, 2.75) is 18.8 Å². The number of aromatic carboxylic acids is 1. The van der Waals surface area contributed by atoms with Gasteiger partial charge in [0.05, 0.1) is 23.4 Å². The molecule has 2 heterocycles. The number of alkyl halides is 3. The SMILES string of the molecule is O=C([O-])c1ccc(-c2ccc(OC3CN(Cc4ccc(C(F)(F)F)cc4)C3)cn2)cc1F.[Na+]. The second kappa shape index (κ2) is 10.2. The van der Waals surface area contributed by atoms with Crippen LogP contribution in [-0.4, -0.2) is 35.0 Å². The van der Waals surface area contributed by atoms with Crippen molar-refractivity contribution < 1.29 is 61.8 Å². The third-order valence-electron chi connectivity index (χ3n) is 5.13. The average Bonchev–Trinajstić information content (AvgIpc) is 2.72. The van der Waals surface area contributed by atoms with E-state index >= 15 is 0 Å². The fraction of sp³-hybridized carbons (Fsp3) is 0.217. The van der Waals surface area contributed by atoms with Crippen LogP contribution >= 0.6 is 0 Å². The largest absolute Gasteiger partial charge is 1.00 e. The first-order valence-electron chi connectivity index (χ1n) is 9.71. The van der Waals surface area contributed by atoms with Gasteiger partial charge in [0.2, 0.25) is 0 Å². The van der Waals surface area contributed by atoms with Crippen LogP contribution < -0.4 is 39.4 Å². The van der Waals surface area contributed by atoms with E-state index in [2.05, 4.69) is 9.88 Å². The molecule has 0 spiro atoms. The molecule has 2 aromatic carbocycles. The number of nitrogens with zero attached hydrogens (tertiary/aromatic N) is 2. The normalized spacial score (nSPS) is 14.3. The predicted octanol–water partition coefficient (Wildman–Crippen LogP) is 0.537. The van der Waals surface area contributed by atoms with Crippen molar-refractivity contribution in [3.63, 3.8) is 0 Å². The molecule has 0 N–H and O–H groups in total. The first-order valence-corrected chi connectivity index (χ1v) is 9.71. The molecule has 10 heteroatoms. The van der Waals surface area contributed by atoms with Crippen molar-refractivity contribution in [2.24, 2.45) is 0 Å². The molecule has 5 nitrogen and oxygen atoms in total. The topological polar surface area (TPSA) is 65.5 Å². The van der Waals surface area contributed by atoms with E-state index in [9.17, 15) is 27.5 Å². The molecule has 166 valence electrons. The van der Waals surface area contributed by atoms with Crippen LogP contribution in [0.3, 0.4) is 0 Å². The van der Waals surface area contributed by atoms with E-state index in [1.165, 1.54) is 24.4 Å². The van der Waals surface area contributed by atoms with Crippen LogP contribution in [0.4, 0.5) is 17.6 Å². The van der Waals surface area contributed by atoms with Gasteiger partial charge in [-0.2, -0.15) is 13.2 Å². The molecule has 4 rings (SSSR count). The number of aromatic nitrogens is 1. The van der Waals surface area contributed by atoms with Gasteiger partial charge in [-0.05, 0) is 42.0 Å². The van der Waals surface area contributed by atoms with Crippen molar-refractivity contribution in [3.8, 4) is 17.0 Å². The van der Waals surface area contributed by atoms with Crippen LogP contribution in [0.2, 0.25) is 0 Å². The minimum Gasteiger partial charge on any atom is -0.545 e. The Kier molecular flexibility index (Phi) is 7.79. The Morgan fingerprint density at radius 3 is 2.33 bits per heavy atom. The molecule has 1 fully saturated rings. The number of benzene rings is 2. The molecule has 33 heavy (non-hydrogen) atoms. The summed E-state index contributed by atoms with van der Waals surface area (Å²) in [5.41, 5.74) is 0.489. The van der Waals surface area contributed by atoms with E-state index in [-0.39, 0.29) is 35.7 Å². The molecular weight excluding hydrogens is 451 g/mol. The standard InChI is InChI=1S/C23H18F4N2O3.Na/c24-20-9-15(3-7-19(20)22(30)31)21-8-6-17(10-28-21)32-18-12-29(13-18)11-14-1-4-16(5-2-14)23(25,26)27;/h1-10,18H,11-13H2,(H,30,31);/q;+1/p-1. The minimum absolute atomic E-state index is 0. The number of hydrogen-bond donors (Lipinski definition) is 0. The number of hydrogen-bond acceptors (Lipinski definition) is 5. The Bertz CT molecular complexity index is 1120. The molecule has 1 aromatic heterocycles. The van der Waals surface area contributed by atoms with Crippen LogP contribution in [0.15, 0.2) is 60.8 Å². The molecule has 0 atom stereocenters. The summed E-state index contributed by atoms with van der Waals surface area (Å²) in [6.07, 6.45) is -2.92. The van der Waals surface area contributed by atoms with Gasteiger partial charge in [0.1, 0.15) is 17.7 Å². The molecule has 3 aromatic rings. The van der Waals surface area contributed by atoms with Gasteiger partial charge in [0, 0.05) is 30.8 Å². The molecule has 0 aliphatic carbocycles. The van der Waals surface area contributed by atoms with Gasteiger partial charge in [-0.25, -0.2) is 4.39 Å². The van der Waals surface area contributed by atoms with Crippen molar-refractivity contribution in [3.05, 3.63) is 83.3 Å². The summed E-state index contributed by atoms with van der Waals surface area (Å²) in [5.74, 6) is -1.95. The molecule has 0 amide bonds. The maximum atomic E-state index is 13.8. The van der Waals surface area contributed by atoms with Crippen LogP contribution in [0.25, 0.3) is 11.3 Å². The Labute approximate surface area is 209 Å². The number of ether oxygens (including phenoxy) is 1. The summed E-state index contributed by atoms with van der Waals surface area (Å²) >= 11 is 0. The number of carboxylic acids is 1. The maximum absolute atomic E-state index is 13.8. The Morgan fingerprint density at radius 1 is 1.09 bits per heavy atom. The molecule has 1 aliphatic rings. The zero-order valence-electron chi connectivity index (χ0n) is 17.6. The summed E-state index contributed by atoms with van der Waals surface area (Å²) in [6, 6.07) is 12.1. The number of carbonyl (C=O) groups is 1. The first-order chi connectivity index (χ1) is 15.2. The summed E-state index contributed by atoms with van der Waals surface area (Å²) in [4.78, 5) is 17.1. The van der Waals surface area contributed by atoms with Gasteiger partial charge in [-0.15, -0.1) is 0 Å².